The number of aromatic nitrogens is 3. The number of methoxy groups -OCH3 is 1. The molecule has 8 nitrogen and oxygen atoms in total. The average molecular weight is 384 g/mol. The summed E-state index contributed by atoms with van der Waals surface area (Å²) in [6.45, 7) is 3.21. The van der Waals surface area contributed by atoms with Crippen LogP contribution in [0.2, 0.25) is 0 Å². The molecule has 2 rings (SSSR count). The molecule has 0 radical (unpaired) electrons. The first kappa shape index (κ1) is 16.9. The second-order valence-electron chi connectivity index (χ2n) is 4.32. The molecule has 0 saturated heterocycles. The fraction of sp³-hybridized carbons (Fsp3) is 0.286. The van der Waals surface area contributed by atoms with E-state index in [1.807, 2.05) is 0 Å². The van der Waals surface area contributed by atoms with Crippen LogP contribution >= 0.6 is 15.9 Å². The molecule has 0 unspecified atom stereocenters. The maximum Gasteiger partial charge on any atom is 0.361 e. The maximum atomic E-state index is 11.9. The van der Waals surface area contributed by atoms with E-state index in [1.165, 1.54) is 14.0 Å². The molecule has 0 aliphatic carbocycles. The number of nitrogens with zero attached hydrogens (tertiary/aromatic N) is 2. The Balaban J connectivity index is 2.51. The number of rotatable bonds is 5. The summed E-state index contributed by atoms with van der Waals surface area (Å²) in [5, 5.41) is 10.2. The number of halogens is 1. The minimum absolute atomic E-state index is 0.0508. The molecule has 0 saturated carbocycles. The number of hydrogen-bond acceptors (Lipinski definition) is 7. The minimum Gasteiger partial charge on any atom is -0.493 e. The van der Waals surface area contributed by atoms with E-state index in [9.17, 15) is 9.59 Å². The predicted octanol–water partition coefficient (Wildman–Crippen LogP) is 2.34. The zero-order valence-electron chi connectivity index (χ0n) is 12.7. The number of benzene rings is 1. The number of esters is 2. The summed E-state index contributed by atoms with van der Waals surface area (Å²) in [5.41, 5.74) is 0.882. The number of ether oxygens (including phenoxy) is 3. The molecule has 1 aromatic carbocycles. The SMILES string of the molecule is CCOC(=O)c1n[nH]nc1-c1cc(OC)c(OC(C)=O)cc1Br. The topological polar surface area (TPSA) is 103 Å². The molecule has 122 valence electrons. The third kappa shape index (κ3) is 3.67. The summed E-state index contributed by atoms with van der Waals surface area (Å²) in [6, 6.07) is 3.14. The van der Waals surface area contributed by atoms with Gasteiger partial charge in [-0.3, -0.25) is 4.79 Å². The van der Waals surface area contributed by atoms with Crippen molar-refractivity contribution in [2.24, 2.45) is 0 Å². The van der Waals surface area contributed by atoms with E-state index in [1.54, 1.807) is 19.1 Å². The Morgan fingerprint density at radius 2 is 2.00 bits per heavy atom. The van der Waals surface area contributed by atoms with Crippen molar-refractivity contribution >= 4 is 27.9 Å². The van der Waals surface area contributed by atoms with Gasteiger partial charge in [-0.05, 0) is 35.0 Å². The zero-order chi connectivity index (χ0) is 17.0. The van der Waals surface area contributed by atoms with Gasteiger partial charge in [0, 0.05) is 17.0 Å². The molecule has 1 heterocycles. The van der Waals surface area contributed by atoms with Crippen LogP contribution in [0.25, 0.3) is 11.3 Å². The summed E-state index contributed by atoms with van der Waals surface area (Å²) in [4.78, 5) is 23.1. The van der Waals surface area contributed by atoms with Crippen LogP contribution in [-0.4, -0.2) is 41.1 Å². The lowest BCUT2D eigenvalue weighted by Gasteiger charge is -2.11. The number of H-pyrrole nitrogens is 1. The molecule has 1 aromatic heterocycles. The van der Waals surface area contributed by atoms with Crippen molar-refractivity contribution in [2.45, 2.75) is 13.8 Å². The summed E-state index contributed by atoms with van der Waals surface area (Å²) in [6.07, 6.45) is 0. The first-order chi connectivity index (χ1) is 11.0. The van der Waals surface area contributed by atoms with E-state index in [0.717, 1.165) is 0 Å². The van der Waals surface area contributed by atoms with E-state index in [-0.39, 0.29) is 18.1 Å². The Morgan fingerprint density at radius 1 is 1.26 bits per heavy atom. The quantitative estimate of drug-likeness (QED) is 0.623. The molecular weight excluding hydrogens is 370 g/mol. The number of nitrogens with one attached hydrogen (secondary N) is 1. The Hall–Kier alpha value is -2.42. The van der Waals surface area contributed by atoms with Gasteiger partial charge in [0.15, 0.2) is 17.2 Å². The third-order valence-electron chi connectivity index (χ3n) is 2.78. The van der Waals surface area contributed by atoms with Crippen LogP contribution < -0.4 is 9.47 Å². The number of carbonyl (C=O) groups excluding carboxylic acids is 2. The van der Waals surface area contributed by atoms with E-state index in [0.29, 0.717) is 21.5 Å². The molecule has 9 heteroatoms. The van der Waals surface area contributed by atoms with Crippen LogP contribution in [0.5, 0.6) is 11.5 Å². The largest absolute Gasteiger partial charge is 0.493 e. The van der Waals surface area contributed by atoms with Crippen molar-refractivity contribution in [3.8, 4) is 22.8 Å². The van der Waals surface area contributed by atoms with Crippen LogP contribution in [-0.2, 0) is 9.53 Å². The van der Waals surface area contributed by atoms with Crippen LogP contribution in [0.4, 0.5) is 0 Å². The highest BCUT2D eigenvalue weighted by Crippen LogP contribution is 2.38. The lowest BCUT2D eigenvalue weighted by atomic mass is 10.1. The highest BCUT2D eigenvalue weighted by molar-refractivity contribution is 9.10. The monoisotopic (exact) mass is 383 g/mol. The van der Waals surface area contributed by atoms with E-state index in [2.05, 4.69) is 31.3 Å². The molecule has 0 fully saturated rings. The van der Waals surface area contributed by atoms with Crippen molar-refractivity contribution in [3.05, 3.63) is 22.3 Å². The predicted molar refractivity (Wildman–Crippen MR) is 83.3 cm³/mol. The Labute approximate surface area is 140 Å². The van der Waals surface area contributed by atoms with Gasteiger partial charge in [0.25, 0.3) is 0 Å². The summed E-state index contributed by atoms with van der Waals surface area (Å²) in [5.74, 6) is -0.504. The molecule has 0 aliphatic heterocycles. The molecule has 0 amide bonds. The lowest BCUT2D eigenvalue weighted by molar-refractivity contribution is -0.132. The summed E-state index contributed by atoms with van der Waals surface area (Å²) < 4.78 is 15.8. The summed E-state index contributed by atoms with van der Waals surface area (Å²) in [7, 11) is 1.44. The van der Waals surface area contributed by atoms with Crippen molar-refractivity contribution < 1.29 is 23.8 Å². The smallest absolute Gasteiger partial charge is 0.361 e. The minimum atomic E-state index is -0.592. The van der Waals surface area contributed by atoms with Crippen molar-refractivity contribution in [1.29, 1.82) is 0 Å². The van der Waals surface area contributed by atoms with E-state index < -0.39 is 11.9 Å². The standard InChI is InChI=1S/C14H14BrN3O5/c1-4-22-14(20)13-12(16-18-17-13)8-5-10(21-3)11(6-9(8)15)23-7(2)19/h5-6H,4H2,1-3H3,(H,16,17,18). The molecule has 0 atom stereocenters. The molecule has 23 heavy (non-hydrogen) atoms. The van der Waals surface area contributed by atoms with Gasteiger partial charge in [0.2, 0.25) is 0 Å². The fourth-order valence-corrected chi connectivity index (χ4v) is 2.38. The Bertz CT molecular complexity index is 744. The van der Waals surface area contributed by atoms with Gasteiger partial charge in [-0.15, -0.1) is 5.10 Å². The van der Waals surface area contributed by atoms with Crippen LogP contribution in [0.15, 0.2) is 16.6 Å². The van der Waals surface area contributed by atoms with Crippen molar-refractivity contribution in [2.75, 3.05) is 13.7 Å². The van der Waals surface area contributed by atoms with Gasteiger partial charge in [0.05, 0.1) is 13.7 Å². The molecule has 0 spiro atoms. The average Bonchev–Trinajstić information content (AvgIpc) is 2.96. The number of carbonyl (C=O) groups is 2. The van der Waals surface area contributed by atoms with E-state index >= 15 is 0 Å². The zero-order valence-corrected chi connectivity index (χ0v) is 14.3. The maximum absolute atomic E-state index is 11.9. The second kappa shape index (κ2) is 7.23. The van der Waals surface area contributed by atoms with Crippen molar-refractivity contribution in [3.63, 3.8) is 0 Å². The first-order valence-electron chi connectivity index (χ1n) is 6.62. The highest BCUT2D eigenvalue weighted by atomic mass is 79.9. The number of hydrogen-bond donors (Lipinski definition) is 1. The fourth-order valence-electron chi connectivity index (χ4n) is 1.87. The molecule has 1 N–H and O–H groups in total. The van der Waals surface area contributed by atoms with Gasteiger partial charge < -0.3 is 14.2 Å². The van der Waals surface area contributed by atoms with Crippen LogP contribution in [0, 0.1) is 0 Å². The van der Waals surface area contributed by atoms with Crippen molar-refractivity contribution in [1.82, 2.24) is 15.4 Å². The van der Waals surface area contributed by atoms with Gasteiger partial charge >= 0.3 is 11.9 Å². The molecule has 0 bridgehead atoms. The number of aromatic amines is 1. The highest BCUT2D eigenvalue weighted by Gasteiger charge is 2.23. The van der Waals surface area contributed by atoms with Gasteiger partial charge in [-0.25, -0.2) is 4.79 Å². The Kier molecular flexibility index (Phi) is 5.32. The summed E-state index contributed by atoms with van der Waals surface area (Å²) >= 11 is 3.36. The van der Waals surface area contributed by atoms with Gasteiger partial charge in [-0.1, -0.05) is 0 Å². The van der Waals surface area contributed by atoms with Gasteiger partial charge in [0.1, 0.15) is 5.69 Å². The Morgan fingerprint density at radius 3 is 2.61 bits per heavy atom. The van der Waals surface area contributed by atoms with E-state index in [4.69, 9.17) is 14.2 Å². The first-order valence-corrected chi connectivity index (χ1v) is 7.41. The molecule has 2 aromatic rings. The van der Waals surface area contributed by atoms with Crippen LogP contribution in [0.1, 0.15) is 24.3 Å². The van der Waals surface area contributed by atoms with Crippen LogP contribution in [0.3, 0.4) is 0 Å². The van der Waals surface area contributed by atoms with Gasteiger partial charge in [-0.2, -0.15) is 10.3 Å². The second-order valence-corrected chi connectivity index (χ2v) is 5.17. The normalized spacial score (nSPS) is 10.3. The molecule has 0 aliphatic rings. The molecular formula is C14H14BrN3O5. The third-order valence-corrected chi connectivity index (χ3v) is 3.43. The lowest BCUT2D eigenvalue weighted by Crippen LogP contribution is -2.07.